The molecule has 45 heavy (non-hydrogen) atoms. The summed E-state index contributed by atoms with van der Waals surface area (Å²) in [5, 5.41) is 13.7. The lowest BCUT2D eigenvalue weighted by molar-refractivity contribution is 0.0385. The normalized spacial score (nSPS) is 14.1. The summed E-state index contributed by atoms with van der Waals surface area (Å²) in [7, 11) is -2.23. The highest BCUT2D eigenvalue weighted by Gasteiger charge is 2.23. The van der Waals surface area contributed by atoms with E-state index in [-0.39, 0.29) is 22.7 Å². The van der Waals surface area contributed by atoms with E-state index in [1.54, 1.807) is 24.3 Å². The molecule has 0 aliphatic carbocycles. The molecule has 0 atom stereocenters. The van der Waals surface area contributed by atoms with Crippen molar-refractivity contribution in [3.05, 3.63) is 52.7 Å². The first-order valence-corrected chi connectivity index (χ1v) is 16.3. The lowest BCUT2D eigenvalue weighted by Crippen LogP contribution is -2.41. The van der Waals surface area contributed by atoms with Gasteiger partial charge < -0.3 is 24.8 Å². The van der Waals surface area contributed by atoms with Gasteiger partial charge in [0.25, 0.3) is 11.8 Å². The highest BCUT2D eigenvalue weighted by molar-refractivity contribution is 7.92. The quantitative estimate of drug-likeness (QED) is 0.299. The minimum atomic E-state index is -3.63. The Balaban J connectivity index is 1.54. The number of hydrogen-bond acceptors (Lipinski definition) is 10. The zero-order valence-electron chi connectivity index (χ0n) is 26.7. The number of benzene rings is 2. The van der Waals surface area contributed by atoms with E-state index in [4.69, 9.17) is 14.2 Å². The number of rotatable bonds is 10. The van der Waals surface area contributed by atoms with Crippen LogP contribution in [-0.4, -0.2) is 93.1 Å². The van der Waals surface area contributed by atoms with E-state index in [9.17, 15) is 18.0 Å². The summed E-state index contributed by atoms with van der Waals surface area (Å²) in [4.78, 5) is 28.1. The van der Waals surface area contributed by atoms with Crippen molar-refractivity contribution in [1.29, 1.82) is 0 Å². The van der Waals surface area contributed by atoms with Crippen molar-refractivity contribution in [2.45, 2.75) is 40.0 Å². The smallest absolute Gasteiger partial charge is 0.414 e. The van der Waals surface area contributed by atoms with Gasteiger partial charge in [-0.15, -0.1) is 0 Å². The Kier molecular flexibility index (Phi) is 10.4. The fraction of sp³-hybridized carbons (Fsp3) is 0.467. The molecule has 244 valence electrons. The van der Waals surface area contributed by atoms with E-state index in [0.29, 0.717) is 43.2 Å². The summed E-state index contributed by atoms with van der Waals surface area (Å²) in [6, 6.07) is 6.84. The Bertz CT molecular complexity index is 1660. The van der Waals surface area contributed by atoms with Crippen LogP contribution in [0.4, 0.5) is 16.2 Å². The van der Waals surface area contributed by atoms with E-state index in [0.717, 1.165) is 36.0 Å². The van der Waals surface area contributed by atoms with E-state index in [2.05, 4.69) is 30.6 Å². The molecule has 1 fully saturated rings. The molecule has 0 bridgehead atoms. The molecule has 0 saturated carbocycles. The number of hydrogen-bond donors (Lipinski definition) is 3. The molecule has 2 amide bonds. The predicted molar refractivity (Wildman–Crippen MR) is 170 cm³/mol. The number of anilines is 2. The minimum Gasteiger partial charge on any atom is -0.492 e. The summed E-state index contributed by atoms with van der Waals surface area (Å²) >= 11 is 0. The zero-order chi connectivity index (χ0) is 32.9. The lowest BCUT2D eigenvalue weighted by atomic mass is 9.86. The monoisotopic (exact) mass is 643 g/mol. The van der Waals surface area contributed by atoms with Crippen LogP contribution in [0.2, 0.25) is 0 Å². The molecule has 3 N–H and O–H groups in total. The number of carbonyl (C=O) groups is 2. The van der Waals surface area contributed by atoms with Gasteiger partial charge in [-0.3, -0.25) is 14.4 Å². The van der Waals surface area contributed by atoms with Crippen LogP contribution in [0.5, 0.6) is 11.6 Å². The number of amides is 2. The van der Waals surface area contributed by atoms with Gasteiger partial charge in [0.15, 0.2) is 5.75 Å². The first-order chi connectivity index (χ1) is 21.1. The Morgan fingerprint density at radius 2 is 1.76 bits per heavy atom. The standard InChI is InChI=1S/C30H41N7O7S/c1-19-14-21(28(38)32-23-16-22(30(3,4)5)17-24(27(23)42-6)34-45(7,40)41)15-25(20(19)2)37-18-26(33-35-37)44-29(39)31-8-9-36-10-12-43-13-11-36/h14-18,34H,8-13H2,1-7H3,(H,31,39)(H,32,38). The molecule has 14 nitrogen and oxygen atoms in total. The molecule has 1 saturated heterocycles. The highest BCUT2D eigenvalue weighted by Crippen LogP contribution is 2.39. The van der Waals surface area contributed by atoms with Crippen LogP contribution >= 0.6 is 0 Å². The zero-order valence-corrected chi connectivity index (χ0v) is 27.5. The SMILES string of the molecule is COc1c(NC(=O)c2cc(C)c(C)c(-n3cc(OC(=O)NCCN4CCOCC4)nn3)c2)cc(C(C)(C)C)cc1NS(C)(=O)=O. The Morgan fingerprint density at radius 1 is 1.07 bits per heavy atom. The molecule has 1 aliphatic heterocycles. The van der Waals surface area contributed by atoms with Gasteiger partial charge in [0.2, 0.25) is 10.0 Å². The highest BCUT2D eigenvalue weighted by atomic mass is 32.2. The Hall–Kier alpha value is -4.21. The van der Waals surface area contributed by atoms with E-state index in [1.807, 2.05) is 34.6 Å². The van der Waals surface area contributed by atoms with Crippen molar-refractivity contribution in [2.24, 2.45) is 0 Å². The molecule has 2 aromatic carbocycles. The molecule has 1 aliphatic rings. The van der Waals surface area contributed by atoms with Crippen LogP contribution in [0, 0.1) is 13.8 Å². The van der Waals surface area contributed by atoms with Crippen molar-refractivity contribution in [1.82, 2.24) is 25.2 Å². The van der Waals surface area contributed by atoms with Crippen LogP contribution in [0.3, 0.4) is 0 Å². The molecule has 3 aromatic rings. The molecular formula is C30H41N7O7S. The fourth-order valence-electron chi connectivity index (χ4n) is 4.74. The maximum atomic E-state index is 13.6. The Labute approximate surface area is 263 Å². The third kappa shape index (κ3) is 8.93. The molecule has 0 spiro atoms. The van der Waals surface area contributed by atoms with E-state index < -0.39 is 22.0 Å². The number of morpholine rings is 1. The summed E-state index contributed by atoms with van der Waals surface area (Å²) in [5.74, 6) is -0.280. The van der Waals surface area contributed by atoms with Crippen molar-refractivity contribution in [3.63, 3.8) is 0 Å². The summed E-state index contributed by atoms with van der Waals surface area (Å²) < 4.78 is 44.3. The third-order valence-electron chi connectivity index (χ3n) is 7.32. The molecular weight excluding hydrogens is 602 g/mol. The molecule has 0 radical (unpaired) electrons. The summed E-state index contributed by atoms with van der Waals surface area (Å²) in [6.45, 7) is 13.8. The van der Waals surface area contributed by atoms with E-state index in [1.165, 1.54) is 18.0 Å². The number of aromatic nitrogens is 3. The number of sulfonamides is 1. The van der Waals surface area contributed by atoms with Crippen molar-refractivity contribution in [3.8, 4) is 17.3 Å². The Morgan fingerprint density at radius 3 is 2.40 bits per heavy atom. The van der Waals surface area contributed by atoms with Gasteiger partial charge in [-0.1, -0.05) is 31.1 Å². The average Bonchev–Trinajstić information content (AvgIpc) is 3.41. The molecule has 4 rings (SSSR count). The minimum absolute atomic E-state index is 0.000387. The lowest BCUT2D eigenvalue weighted by Gasteiger charge is -2.26. The van der Waals surface area contributed by atoms with Crippen molar-refractivity contribution >= 4 is 33.4 Å². The number of nitrogens with one attached hydrogen (secondary N) is 3. The van der Waals surface area contributed by atoms with Gasteiger partial charge in [0.1, 0.15) is 0 Å². The maximum absolute atomic E-state index is 13.6. The average molecular weight is 644 g/mol. The van der Waals surface area contributed by atoms with Crippen LogP contribution in [-0.2, 0) is 20.2 Å². The molecule has 0 unspecified atom stereocenters. The number of methoxy groups -OCH3 is 1. The largest absolute Gasteiger partial charge is 0.492 e. The maximum Gasteiger partial charge on any atom is 0.414 e. The van der Waals surface area contributed by atoms with E-state index >= 15 is 0 Å². The van der Waals surface area contributed by atoms with Crippen molar-refractivity contribution in [2.75, 3.05) is 62.8 Å². The second kappa shape index (κ2) is 13.8. The van der Waals surface area contributed by atoms with Crippen LogP contribution < -0.4 is 24.8 Å². The fourth-order valence-corrected chi connectivity index (χ4v) is 5.29. The predicted octanol–water partition coefficient (Wildman–Crippen LogP) is 3.23. The second-order valence-electron chi connectivity index (χ2n) is 11.9. The number of aryl methyl sites for hydroxylation is 1. The molecule has 1 aromatic heterocycles. The summed E-state index contributed by atoms with van der Waals surface area (Å²) in [5.41, 5.74) is 3.46. The van der Waals surface area contributed by atoms with Gasteiger partial charge in [0, 0.05) is 31.7 Å². The van der Waals surface area contributed by atoms with Crippen LogP contribution in [0.25, 0.3) is 5.69 Å². The van der Waals surface area contributed by atoms with Crippen molar-refractivity contribution < 1.29 is 32.2 Å². The molecule has 15 heteroatoms. The number of ether oxygens (including phenoxy) is 3. The van der Waals surface area contributed by atoms with Gasteiger partial charge in [-0.25, -0.2) is 17.9 Å². The topological polar surface area (TPSA) is 166 Å². The first-order valence-electron chi connectivity index (χ1n) is 14.5. The first kappa shape index (κ1) is 33.7. The second-order valence-corrected chi connectivity index (χ2v) is 13.6. The number of carbonyl (C=O) groups excluding carboxylic acids is 2. The van der Waals surface area contributed by atoms with Crippen LogP contribution in [0.15, 0.2) is 30.5 Å². The third-order valence-corrected chi connectivity index (χ3v) is 7.91. The van der Waals surface area contributed by atoms with Gasteiger partial charge >= 0.3 is 6.09 Å². The van der Waals surface area contributed by atoms with Crippen LogP contribution in [0.1, 0.15) is 47.8 Å². The van der Waals surface area contributed by atoms with Gasteiger partial charge in [-0.2, -0.15) is 0 Å². The summed E-state index contributed by atoms with van der Waals surface area (Å²) in [6.07, 6.45) is 1.86. The van der Waals surface area contributed by atoms with Gasteiger partial charge in [0.05, 0.1) is 49.8 Å². The molecule has 2 heterocycles. The van der Waals surface area contributed by atoms with Gasteiger partial charge in [-0.05, 0) is 60.2 Å². The number of nitrogens with zero attached hydrogens (tertiary/aromatic N) is 4.